The smallest absolute Gasteiger partial charge is 0.407 e. The predicted octanol–water partition coefficient (Wildman–Crippen LogP) is 5.00. The van der Waals surface area contributed by atoms with Gasteiger partial charge in [-0.2, -0.15) is 0 Å². The van der Waals surface area contributed by atoms with E-state index in [0.717, 1.165) is 40.8 Å². The average Bonchev–Trinajstić information content (AvgIpc) is 3.14. The molecule has 0 bridgehead atoms. The van der Waals surface area contributed by atoms with Gasteiger partial charge >= 0.3 is 6.09 Å². The van der Waals surface area contributed by atoms with Gasteiger partial charge in [0.2, 0.25) is 0 Å². The molecular weight excluding hydrogens is 382 g/mol. The molecule has 1 aromatic heterocycles. The third-order valence-electron chi connectivity index (χ3n) is 4.32. The van der Waals surface area contributed by atoms with Crippen LogP contribution in [0.2, 0.25) is 0 Å². The molecular formula is C19H24BrN3O2. The molecule has 0 aliphatic heterocycles. The van der Waals surface area contributed by atoms with E-state index < -0.39 is 5.60 Å². The average molecular weight is 406 g/mol. The molecule has 2 N–H and O–H groups in total. The topological polar surface area (TPSA) is 67.0 Å². The van der Waals surface area contributed by atoms with Crippen LogP contribution in [0.3, 0.4) is 0 Å². The number of nitrogens with one attached hydrogen (secondary N) is 2. The summed E-state index contributed by atoms with van der Waals surface area (Å²) in [6.07, 6.45) is 4.52. The molecule has 0 spiro atoms. The second-order valence-corrected chi connectivity index (χ2v) is 8.39. The minimum absolute atomic E-state index is 0.0544. The number of halogens is 1. The Balaban J connectivity index is 1.70. The van der Waals surface area contributed by atoms with Gasteiger partial charge < -0.3 is 15.0 Å². The predicted molar refractivity (Wildman–Crippen MR) is 101 cm³/mol. The number of hydrogen-bond donors (Lipinski definition) is 2. The Morgan fingerprint density at radius 1 is 1.28 bits per heavy atom. The number of alkyl carbamates (subject to hydrolysis) is 1. The van der Waals surface area contributed by atoms with Crippen LogP contribution in [0.15, 0.2) is 34.9 Å². The fourth-order valence-corrected chi connectivity index (χ4v) is 3.48. The van der Waals surface area contributed by atoms with Crippen molar-refractivity contribution in [3.05, 3.63) is 40.8 Å². The highest BCUT2D eigenvalue weighted by Gasteiger charge is 2.33. The minimum Gasteiger partial charge on any atom is -0.444 e. The fraction of sp³-hybridized carbons (Fsp3) is 0.474. The van der Waals surface area contributed by atoms with Crippen molar-refractivity contribution in [2.45, 2.75) is 57.6 Å². The minimum atomic E-state index is -0.488. The summed E-state index contributed by atoms with van der Waals surface area (Å²) in [5.41, 5.74) is 1.60. The highest BCUT2D eigenvalue weighted by molar-refractivity contribution is 9.10. The van der Waals surface area contributed by atoms with Crippen molar-refractivity contribution < 1.29 is 9.53 Å². The van der Waals surface area contributed by atoms with Gasteiger partial charge in [0.25, 0.3) is 0 Å². The summed E-state index contributed by atoms with van der Waals surface area (Å²) in [6.45, 7) is 5.61. The van der Waals surface area contributed by atoms with Gasteiger partial charge in [-0.3, -0.25) is 0 Å². The van der Waals surface area contributed by atoms with E-state index in [4.69, 9.17) is 4.74 Å². The van der Waals surface area contributed by atoms with E-state index in [1.807, 2.05) is 51.2 Å². The number of ether oxygens (including phenoxy) is 1. The summed E-state index contributed by atoms with van der Waals surface area (Å²) in [7, 11) is 0. The Bertz CT molecular complexity index is 734. The Hall–Kier alpha value is -1.82. The lowest BCUT2D eigenvalue weighted by molar-refractivity contribution is 0.0500. The molecule has 6 heteroatoms. The monoisotopic (exact) mass is 405 g/mol. The second kappa shape index (κ2) is 7.20. The maximum absolute atomic E-state index is 12.1. The maximum atomic E-state index is 12.1. The van der Waals surface area contributed by atoms with Crippen LogP contribution in [0, 0.1) is 0 Å². The van der Waals surface area contributed by atoms with Crippen molar-refractivity contribution in [3.63, 3.8) is 0 Å². The van der Waals surface area contributed by atoms with Crippen molar-refractivity contribution in [1.29, 1.82) is 0 Å². The van der Waals surface area contributed by atoms with Gasteiger partial charge in [0.15, 0.2) is 0 Å². The molecule has 1 amide bonds. The van der Waals surface area contributed by atoms with Gasteiger partial charge in [-0.05, 0) is 51.3 Å². The molecule has 0 unspecified atom stereocenters. The van der Waals surface area contributed by atoms with E-state index in [1.165, 1.54) is 0 Å². The Morgan fingerprint density at radius 3 is 2.68 bits per heavy atom. The fourth-order valence-electron chi connectivity index (χ4n) is 3.22. The van der Waals surface area contributed by atoms with Gasteiger partial charge in [-0.15, -0.1) is 0 Å². The van der Waals surface area contributed by atoms with Crippen LogP contribution in [-0.2, 0) is 4.74 Å². The van der Waals surface area contributed by atoms with Crippen molar-refractivity contribution in [2.24, 2.45) is 0 Å². The van der Waals surface area contributed by atoms with Gasteiger partial charge in [0.1, 0.15) is 11.4 Å². The molecule has 1 fully saturated rings. The van der Waals surface area contributed by atoms with Crippen molar-refractivity contribution >= 4 is 22.0 Å². The van der Waals surface area contributed by atoms with E-state index in [1.54, 1.807) is 0 Å². The first-order valence-electron chi connectivity index (χ1n) is 8.62. The summed E-state index contributed by atoms with van der Waals surface area (Å²) in [6, 6.07) is 8.17. The zero-order chi connectivity index (χ0) is 18.0. The van der Waals surface area contributed by atoms with Crippen LogP contribution in [-0.4, -0.2) is 27.7 Å². The number of carbonyl (C=O) groups excluding carboxylic acids is 1. The van der Waals surface area contributed by atoms with E-state index >= 15 is 0 Å². The van der Waals surface area contributed by atoms with Gasteiger partial charge in [0, 0.05) is 16.4 Å². The van der Waals surface area contributed by atoms with Crippen molar-refractivity contribution in [1.82, 2.24) is 15.3 Å². The molecule has 5 nitrogen and oxygen atoms in total. The summed E-state index contributed by atoms with van der Waals surface area (Å²) in [5, 5.41) is 3.01. The van der Waals surface area contributed by atoms with Crippen LogP contribution in [0.1, 0.15) is 51.8 Å². The van der Waals surface area contributed by atoms with Gasteiger partial charge in [0.05, 0.1) is 11.9 Å². The Labute approximate surface area is 156 Å². The van der Waals surface area contributed by atoms with Crippen LogP contribution >= 0.6 is 15.9 Å². The zero-order valence-corrected chi connectivity index (χ0v) is 16.4. The molecule has 1 aromatic carbocycles. The normalized spacial score (nSPS) is 20.5. The number of nitrogens with zero attached hydrogens (tertiary/aromatic N) is 1. The molecule has 0 radical (unpaired) electrons. The number of amides is 1. The largest absolute Gasteiger partial charge is 0.444 e. The van der Waals surface area contributed by atoms with Crippen LogP contribution in [0.5, 0.6) is 0 Å². The maximum Gasteiger partial charge on any atom is 0.407 e. The third-order valence-corrected chi connectivity index (χ3v) is 4.85. The molecule has 2 atom stereocenters. The van der Waals surface area contributed by atoms with Crippen LogP contribution in [0.4, 0.5) is 4.79 Å². The summed E-state index contributed by atoms with van der Waals surface area (Å²) in [5.74, 6) is 1.12. The lowest BCUT2D eigenvalue weighted by atomic mass is 10.0. The van der Waals surface area contributed by atoms with Gasteiger partial charge in [-0.25, -0.2) is 9.78 Å². The van der Waals surface area contributed by atoms with E-state index in [9.17, 15) is 4.79 Å². The molecule has 1 saturated carbocycles. The number of imidazole rings is 1. The highest BCUT2D eigenvalue weighted by atomic mass is 79.9. The Morgan fingerprint density at radius 2 is 2.00 bits per heavy atom. The third kappa shape index (κ3) is 4.63. The van der Waals surface area contributed by atoms with Crippen molar-refractivity contribution in [3.8, 4) is 11.3 Å². The SMILES string of the molecule is CC(C)(C)OC(=O)N[C@H]1CCC[C@@H]1c1ncc(-c2ccc(Br)cc2)[nH]1. The molecule has 1 heterocycles. The standard InChI is InChI=1S/C19H24BrN3O2/c1-19(2,3)25-18(24)23-15-6-4-5-14(15)17-21-11-16(22-17)12-7-9-13(20)10-8-12/h7-11,14-15H,4-6H2,1-3H3,(H,21,22)(H,23,24)/t14-,15-/m0/s1. The number of aromatic amines is 1. The first-order valence-corrected chi connectivity index (χ1v) is 9.41. The first-order chi connectivity index (χ1) is 11.8. The number of benzene rings is 1. The lowest BCUT2D eigenvalue weighted by Gasteiger charge is -2.24. The van der Waals surface area contributed by atoms with E-state index in [-0.39, 0.29) is 18.1 Å². The summed E-state index contributed by atoms with van der Waals surface area (Å²) >= 11 is 3.45. The molecule has 1 aliphatic rings. The van der Waals surface area contributed by atoms with Crippen LogP contribution < -0.4 is 5.32 Å². The number of rotatable bonds is 3. The first kappa shape index (κ1) is 18.0. The molecule has 25 heavy (non-hydrogen) atoms. The highest BCUT2D eigenvalue weighted by Crippen LogP contribution is 2.34. The molecule has 2 aromatic rings. The number of carbonyl (C=O) groups is 1. The lowest BCUT2D eigenvalue weighted by Crippen LogP contribution is -2.40. The quantitative estimate of drug-likeness (QED) is 0.754. The molecule has 3 rings (SSSR count). The Kier molecular flexibility index (Phi) is 5.18. The molecule has 0 saturated heterocycles. The number of hydrogen-bond acceptors (Lipinski definition) is 3. The second-order valence-electron chi connectivity index (χ2n) is 7.48. The summed E-state index contributed by atoms with van der Waals surface area (Å²) < 4.78 is 6.43. The molecule has 1 aliphatic carbocycles. The van der Waals surface area contributed by atoms with Crippen molar-refractivity contribution in [2.75, 3.05) is 0 Å². The van der Waals surface area contributed by atoms with E-state index in [2.05, 4.69) is 31.2 Å². The van der Waals surface area contributed by atoms with Gasteiger partial charge in [-0.1, -0.05) is 34.5 Å². The number of H-pyrrole nitrogens is 1. The zero-order valence-electron chi connectivity index (χ0n) is 14.8. The summed E-state index contributed by atoms with van der Waals surface area (Å²) in [4.78, 5) is 20.1. The van der Waals surface area contributed by atoms with Crippen LogP contribution in [0.25, 0.3) is 11.3 Å². The van der Waals surface area contributed by atoms with E-state index in [0.29, 0.717) is 0 Å². The number of aromatic nitrogens is 2. The molecule has 134 valence electrons.